The van der Waals surface area contributed by atoms with Crippen molar-refractivity contribution in [3.63, 3.8) is 0 Å². The van der Waals surface area contributed by atoms with Crippen LogP contribution in [0.25, 0.3) is 0 Å². The fourth-order valence-corrected chi connectivity index (χ4v) is 2.49. The van der Waals surface area contributed by atoms with Crippen LogP contribution in [0.4, 0.5) is 13.2 Å². The predicted molar refractivity (Wildman–Crippen MR) is 76.4 cm³/mol. The zero-order valence-corrected chi connectivity index (χ0v) is 13.8. The highest BCUT2D eigenvalue weighted by Crippen LogP contribution is 2.28. The summed E-state index contributed by atoms with van der Waals surface area (Å²) in [6.45, 7) is 4.69. The topological polar surface area (TPSA) is 37.9 Å². The Labute approximate surface area is 129 Å². The molecule has 0 aliphatic heterocycles. The van der Waals surface area contributed by atoms with Gasteiger partial charge in [-0.15, -0.1) is 0 Å². The first kappa shape index (κ1) is 17.6. The van der Waals surface area contributed by atoms with E-state index in [1.807, 2.05) is 20.8 Å². The van der Waals surface area contributed by atoms with Crippen molar-refractivity contribution in [2.45, 2.75) is 38.8 Å². The lowest BCUT2D eigenvalue weighted by molar-refractivity contribution is -0.173. The average Bonchev–Trinajstić information content (AvgIpc) is 2.26. The molecular weight excluding hydrogens is 357 g/mol. The minimum absolute atomic E-state index is 0.0665. The van der Waals surface area contributed by atoms with Gasteiger partial charge in [0.25, 0.3) is 0 Å². The van der Waals surface area contributed by atoms with Gasteiger partial charge in [0.05, 0.1) is 11.1 Å². The zero-order valence-electron chi connectivity index (χ0n) is 11.4. The van der Waals surface area contributed by atoms with Crippen LogP contribution < -0.4 is 0 Å². The largest absolute Gasteiger partial charge is 0.411 e. The first-order chi connectivity index (χ1) is 9.00. The minimum atomic E-state index is -4.31. The number of alkyl halides is 3. The molecule has 0 atom stereocenters. The first-order valence-corrected chi connectivity index (χ1v) is 7.14. The second kappa shape index (κ2) is 6.53. The van der Waals surface area contributed by atoms with Gasteiger partial charge in [-0.1, -0.05) is 33.0 Å². The Kier molecular flexibility index (Phi) is 5.74. The predicted octanol–water partition coefficient (Wildman–Crippen LogP) is 4.32. The van der Waals surface area contributed by atoms with Crippen molar-refractivity contribution in [2.24, 2.45) is 0 Å². The van der Waals surface area contributed by atoms with Crippen molar-refractivity contribution < 1.29 is 17.9 Å². The molecule has 1 rings (SSSR count). The highest BCUT2D eigenvalue weighted by atomic mass is 79.9. The van der Waals surface area contributed by atoms with Gasteiger partial charge in [-0.2, -0.15) is 13.2 Å². The Morgan fingerprint density at radius 2 is 1.90 bits per heavy atom. The van der Waals surface area contributed by atoms with Gasteiger partial charge in [-0.05, 0) is 15.9 Å². The van der Waals surface area contributed by atoms with Gasteiger partial charge in [0.15, 0.2) is 0 Å². The molecule has 0 aliphatic carbocycles. The SMILES string of the molecule is CC(C)(C)c1[nH]c(CCOCC(F)(F)F)nc(=S)c1Br. The molecule has 8 heteroatoms. The van der Waals surface area contributed by atoms with Crippen LogP contribution in [0, 0.1) is 4.64 Å². The maximum Gasteiger partial charge on any atom is 0.411 e. The van der Waals surface area contributed by atoms with Crippen molar-refractivity contribution in [1.82, 2.24) is 9.97 Å². The molecule has 0 saturated carbocycles. The lowest BCUT2D eigenvalue weighted by atomic mass is 9.92. The van der Waals surface area contributed by atoms with Crippen molar-refractivity contribution in [3.05, 3.63) is 20.6 Å². The maximum absolute atomic E-state index is 11.9. The van der Waals surface area contributed by atoms with Crippen LogP contribution in [0.1, 0.15) is 32.3 Å². The van der Waals surface area contributed by atoms with Gasteiger partial charge in [0.2, 0.25) is 0 Å². The van der Waals surface area contributed by atoms with Crippen molar-refractivity contribution in [1.29, 1.82) is 0 Å². The number of halogens is 4. The van der Waals surface area contributed by atoms with Gasteiger partial charge in [-0.3, -0.25) is 0 Å². The van der Waals surface area contributed by atoms with Crippen molar-refractivity contribution in [3.8, 4) is 0 Å². The second-order valence-electron chi connectivity index (χ2n) is 5.35. The van der Waals surface area contributed by atoms with Gasteiger partial charge in [-0.25, -0.2) is 4.98 Å². The Hall–Kier alpha value is -0.470. The number of hydrogen-bond donors (Lipinski definition) is 1. The molecule has 0 radical (unpaired) electrons. The third kappa shape index (κ3) is 5.49. The van der Waals surface area contributed by atoms with Crippen molar-refractivity contribution in [2.75, 3.05) is 13.2 Å². The van der Waals surface area contributed by atoms with Gasteiger partial charge in [0.1, 0.15) is 17.1 Å². The summed E-state index contributed by atoms with van der Waals surface area (Å²) >= 11 is 8.52. The van der Waals surface area contributed by atoms with E-state index < -0.39 is 12.8 Å². The van der Waals surface area contributed by atoms with E-state index in [4.69, 9.17) is 12.2 Å². The molecule has 0 amide bonds. The van der Waals surface area contributed by atoms with E-state index >= 15 is 0 Å². The molecule has 0 aromatic carbocycles. The minimum Gasteiger partial charge on any atom is -0.372 e. The molecule has 20 heavy (non-hydrogen) atoms. The van der Waals surface area contributed by atoms with E-state index in [9.17, 15) is 13.2 Å². The highest BCUT2D eigenvalue weighted by Gasteiger charge is 2.27. The number of aromatic amines is 1. The molecule has 0 bridgehead atoms. The molecule has 3 nitrogen and oxygen atoms in total. The molecule has 1 N–H and O–H groups in total. The fourth-order valence-electron chi connectivity index (χ4n) is 1.50. The second-order valence-corrected chi connectivity index (χ2v) is 6.53. The summed E-state index contributed by atoms with van der Waals surface area (Å²) in [5.41, 5.74) is 0.681. The van der Waals surface area contributed by atoms with E-state index in [2.05, 4.69) is 30.6 Å². The molecule has 0 unspecified atom stereocenters. The quantitative estimate of drug-likeness (QED) is 0.631. The van der Waals surface area contributed by atoms with Crippen LogP contribution in [0.15, 0.2) is 4.47 Å². The monoisotopic (exact) mass is 372 g/mol. The number of aromatic nitrogens is 2. The Morgan fingerprint density at radius 1 is 1.30 bits per heavy atom. The van der Waals surface area contributed by atoms with E-state index in [-0.39, 0.29) is 18.4 Å². The third-order valence-electron chi connectivity index (χ3n) is 2.41. The molecule has 1 heterocycles. The van der Waals surface area contributed by atoms with Crippen LogP contribution in [0.2, 0.25) is 0 Å². The molecular formula is C12H16BrF3N2OS. The van der Waals surface area contributed by atoms with E-state index in [0.29, 0.717) is 14.9 Å². The van der Waals surface area contributed by atoms with Crippen molar-refractivity contribution >= 4 is 28.1 Å². The molecule has 114 valence electrons. The number of nitrogens with one attached hydrogen (secondary N) is 1. The third-order valence-corrected chi connectivity index (χ3v) is 3.74. The summed E-state index contributed by atoms with van der Waals surface area (Å²) < 4.78 is 41.5. The van der Waals surface area contributed by atoms with Gasteiger partial charge < -0.3 is 9.72 Å². The van der Waals surface area contributed by atoms with Gasteiger partial charge >= 0.3 is 6.18 Å². The van der Waals surface area contributed by atoms with E-state index in [0.717, 1.165) is 5.69 Å². The standard InChI is InChI=1S/C12H16BrF3N2OS/c1-11(2,3)9-8(13)10(20)18-7(17-9)4-5-19-6-12(14,15)16/h4-6H2,1-3H3,(H,17,18,20). The number of rotatable bonds is 4. The Bertz CT molecular complexity index is 523. The molecule has 0 fully saturated rings. The van der Waals surface area contributed by atoms with Gasteiger partial charge in [0, 0.05) is 17.5 Å². The molecule has 0 aliphatic rings. The smallest absolute Gasteiger partial charge is 0.372 e. The number of H-pyrrole nitrogens is 1. The number of ether oxygens (including phenoxy) is 1. The van der Waals surface area contributed by atoms with Crippen LogP contribution in [0.5, 0.6) is 0 Å². The van der Waals surface area contributed by atoms with E-state index in [1.54, 1.807) is 0 Å². The molecule has 1 aromatic heterocycles. The van der Waals surface area contributed by atoms with Crippen LogP contribution in [0.3, 0.4) is 0 Å². The summed E-state index contributed by atoms with van der Waals surface area (Å²) in [5, 5.41) is 0. The van der Waals surface area contributed by atoms with Crippen LogP contribution in [-0.4, -0.2) is 29.4 Å². The maximum atomic E-state index is 11.9. The summed E-state index contributed by atoms with van der Waals surface area (Å²) in [6, 6.07) is 0. The lowest BCUT2D eigenvalue weighted by Gasteiger charge is -2.21. The molecule has 1 aromatic rings. The summed E-state index contributed by atoms with van der Waals surface area (Å²) in [6.07, 6.45) is -4.06. The average molecular weight is 373 g/mol. The number of nitrogens with zero attached hydrogens (tertiary/aromatic N) is 1. The van der Waals surface area contributed by atoms with E-state index in [1.165, 1.54) is 0 Å². The zero-order chi connectivity index (χ0) is 15.6. The Balaban J connectivity index is 2.78. The summed E-state index contributed by atoms with van der Waals surface area (Å²) in [7, 11) is 0. The Morgan fingerprint density at radius 3 is 2.40 bits per heavy atom. The summed E-state index contributed by atoms with van der Waals surface area (Å²) in [5.74, 6) is 0.519. The van der Waals surface area contributed by atoms with Crippen LogP contribution >= 0.6 is 28.1 Å². The molecule has 0 spiro atoms. The lowest BCUT2D eigenvalue weighted by Crippen LogP contribution is -2.20. The summed E-state index contributed by atoms with van der Waals surface area (Å²) in [4.78, 5) is 7.24. The fraction of sp³-hybridized carbons (Fsp3) is 0.667. The molecule has 0 saturated heterocycles. The normalized spacial score (nSPS) is 12.8. The van der Waals surface area contributed by atoms with Crippen LogP contribution in [-0.2, 0) is 16.6 Å². The first-order valence-electron chi connectivity index (χ1n) is 5.94. The highest BCUT2D eigenvalue weighted by molar-refractivity contribution is 9.10. The number of hydrogen-bond acceptors (Lipinski definition) is 3.